The van der Waals surface area contributed by atoms with Gasteiger partial charge in [-0.3, -0.25) is 9.59 Å². The maximum absolute atomic E-state index is 11.8. The van der Waals surface area contributed by atoms with Crippen LogP contribution in [0.2, 0.25) is 0 Å². The molecule has 0 aliphatic rings. The van der Waals surface area contributed by atoms with E-state index >= 15 is 0 Å². The first-order chi connectivity index (χ1) is 13.0. The van der Waals surface area contributed by atoms with Crippen LogP contribution in [0.15, 0.2) is 54.6 Å². The molecule has 5 heteroatoms. The number of hydrogen-bond donors (Lipinski definition) is 0. The summed E-state index contributed by atoms with van der Waals surface area (Å²) in [5, 5.41) is 0. The molecule has 0 bridgehead atoms. The summed E-state index contributed by atoms with van der Waals surface area (Å²) in [5.74, 6) is 1.13. The van der Waals surface area contributed by atoms with Gasteiger partial charge in [0.2, 0.25) is 0 Å². The Morgan fingerprint density at radius 2 is 1.52 bits per heavy atom. The zero-order valence-electron chi connectivity index (χ0n) is 15.9. The lowest BCUT2D eigenvalue weighted by Gasteiger charge is -2.09. The molecule has 0 spiro atoms. The summed E-state index contributed by atoms with van der Waals surface area (Å²) in [6, 6.07) is 16.9. The second-order valence-corrected chi connectivity index (χ2v) is 6.65. The van der Waals surface area contributed by atoms with Crippen LogP contribution in [0.3, 0.4) is 0 Å². The summed E-state index contributed by atoms with van der Waals surface area (Å²) < 4.78 is 16.1. The van der Waals surface area contributed by atoms with Crippen molar-refractivity contribution in [1.82, 2.24) is 0 Å². The fourth-order valence-corrected chi connectivity index (χ4v) is 2.27. The molecular weight excluding hydrogens is 344 g/mol. The van der Waals surface area contributed by atoms with Gasteiger partial charge in [0.05, 0.1) is 6.61 Å². The second-order valence-electron chi connectivity index (χ2n) is 6.65. The first-order valence-corrected chi connectivity index (χ1v) is 9.16. The van der Waals surface area contributed by atoms with E-state index in [2.05, 4.69) is 0 Å². The summed E-state index contributed by atoms with van der Waals surface area (Å²) in [4.78, 5) is 23.3. The number of para-hydroxylation sites is 1. The van der Waals surface area contributed by atoms with Crippen molar-refractivity contribution in [3.8, 4) is 11.5 Å². The van der Waals surface area contributed by atoms with Crippen molar-refractivity contribution in [2.45, 2.75) is 39.7 Å². The Morgan fingerprint density at radius 1 is 0.852 bits per heavy atom. The monoisotopic (exact) mass is 370 g/mol. The first kappa shape index (κ1) is 20.5. The third kappa shape index (κ3) is 8.40. The molecule has 2 aromatic carbocycles. The van der Waals surface area contributed by atoms with Crippen molar-refractivity contribution in [3.05, 3.63) is 60.2 Å². The third-order valence-corrected chi connectivity index (χ3v) is 3.62. The summed E-state index contributed by atoms with van der Waals surface area (Å²) in [6.45, 7) is 4.53. The fraction of sp³-hybridized carbons (Fsp3) is 0.364. The molecule has 0 aromatic heterocycles. The third-order valence-electron chi connectivity index (χ3n) is 3.62. The van der Waals surface area contributed by atoms with Crippen LogP contribution in [-0.4, -0.2) is 18.5 Å². The maximum Gasteiger partial charge on any atom is 0.306 e. The Kier molecular flexibility index (Phi) is 8.36. The molecule has 0 saturated heterocycles. The minimum atomic E-state index is -0.332. The van der Waals surface area contributed by atoms with Gasteiger partial charge in [-0.2, -0.15) is 0 Å². The minimum absolute atomic E-state index is 0.169. The Hall–Kier alpha value is -2.82. The molecule has 0 unspecified atom stereocenters. The van der Waals surface area contributed by atoms with E-state index in [1.165, 1.54) is 0 Å². The zero-order valence-corrected chi connectivity index (χ0v) is 15.9. The van der Waals surface area contributed by atoms with E-state index in [0.29, 0.717) is 24.7 Å². The predicted octanol–water partition coefficient (Wildman–Crippen LogP) is 4.89. The molecule has 0 aliphatic carbocycles. The van der Waals surface area contributed by atoms with Crippen LogP contribution in [0.5, 0.6) is 11.5 Å². The summed E-state index contributed by atoms with van der Waals surface area (Å²) >= 11 is 0. The second kappa shape index (κ2) is 11.0. The van der Waals surface area contributed by atoms with Gasteiger partial charge in [0.15, 0.2) is 0 Å². The average molecular weight is 370 g/mol. The molecule has 5 nitrogen and oxygen atoms in total. The molecule has 0 amide bonds. The number of ether oxygens (including phenoxy) is 3. The van der Waals surface area contributed by atoms with Gasteiger partial charge in [0, 0.05) is 12.8 Å². The number of rotatable bonds is 10. The summed E-state index contributed by atoms with van der Waals surface area (Å²) in [5.41, 5.74) is 0.841. The smallest absolute Gasteiger partial charge is 0.306 e. The van der Waals surface area contributed by atoms with E-state index in [1.54, 1.807) is 0 Å². The van der Waals surface area contributed by atoms with E-state index in [4.69, 9.17) is 14.2 Å². The van der Waals surface area contributed by atoms with Gasteiger partial charge >= 0.3 is 11.9 Å². The molecular formula is C22H26O5. The lowest BCUT2D eigenvalue weighted by molar-refractivity contribution is -0.146. The van der Waals surface area contributed by atoms with Gasteiger partial charge in [0.1, 0.15) is 18.1 Å². The van der Waals surface area contributed by atoms with Gasteiger partial charge in [-0.05, 0) is 42.2 Å². The highest BCUT2D eigenvalue weighted by Crippen LogP contribution is 2.22. The summed E-state index contributed by atoms with van der Waals surface area (Å²) in [7, 11) is 0. The number of carbonyl (C=O) groups is 2. The fourth-order valence-electron chi connectivity index (χ4n) is 2.27. The van der Waals surface area contributed by atoms with Gasteiger partial charge < -0.3 is 14.2 Å². The van der Waals surface area contributed by atoms with Crippen molar-refractivity contribution in [1.29, 1.82) is 0 Å². The molecule has 0 fully saturated rings. The van der Waals surface area contributed by atoms with Gasteiger partial charge in [-0.25, -0.2) is 0 Å². The molecule has 0 aliphatic heterocycles. The van der Waals surface area contributed by atoms with Crippen molar-refractivity contribution in [2.75, 3.05) is 6.61 Å². The molecule has 0 N–H and O–H groups in total. The van der Waals surface area contributed by atoms with Crippen molar-refractivity contribution < 1.29 is 23.8 Å². The molecule has 27 heavy (non-hydrogen) atoms. The highest BCUT2D eigenvalue weighted by Gasteiger charge is 2.09. The molecule has 2 rings (SSSR count). The summed E-state index contributed by atoms with van der Waals surface area (Å²) in [6.07, 6.45) is 0.839. The Morgan fingerprint density at radius 3 is 2.22 bits per heavy atom. The number of esters is 2. The van der Waals surface area contributed by atoms with Crippen LogP contribution < -0.4 is 4.74 Å². The Labute approximate surface area is 160 Å². The normalized spacial score (nSPS) is 10.5. The lowest BCUT2D eigenvalue weighted by atomic mass is 10.2. The van der Waals surface area contributed by atoms with Crippen molar-refractivity contribution in [2.24, 2.45) is 5.92 Å². The largest absolute Gasteiger partial charge is 0.465 e. The number of carbonyl (C=O) groups excluding carboxylic acids is 2. The zero-order chi connectivity index (χ0) is 19.5. The van der Waals surface area contributed by atoms with E-state index in [9.17, 15) is 9.59 Å². The molecule has 0 heterocycles. The van der Waals surface area contributed by atoms with E-state index in [-0.39, 0.29) is 31.4 Å². The van der Waals surface area contributed by atoms with E-state index in [0.717, 1.165) is 11.3 Å². The van der Waals surface area contributed by atoms with Gasteiger partial charge in [-0.1, -0.05) is 44.2 Å². The molecule has 0 atom stereocenters. The predicted molar refractivity (Wildman–Crippen MR) is 102 cm³/mol. The van der Waals surface area contributed by atoms with Gasteiger partial charge in [0.25, 0.3) is 0 Å². The molecule has 2 aromatic rings. The Balaban J connectivity index is 1.70. The lowest BCUT2D eigenvalue weighted by Crippen LogP contribution is -2.11. The highest BCUT2D eigenvalue weighted by molar-refractivity contribution is 5.72. The minimum Gasteiger partial charge on any atom is -0.465 e. The Bertz CT molecular complexity index is 724. The van der Waals surface area contributed by atoms with Crippen molar-refractivity contribution >= 4 is 11.9 Å². The van der Waals surface area contributed by atoms with Crippen LogP contribution in [0, 0.1) is 5.92 Å². The SMILES string of the molecule is CC(C)COC(=O)CCCC(=O)OCc1cccc(Oc2ccccc2)c1. The van der Waals surface area contributed by atoms with E-state index < -0.39 is 0 Å². The number of benzene rings is 2. The molecule has 0 radical (unpaired) electrons. The van der Waals surface area contributed by atoms with Crippen molar-refractivity contribution in [3.63, 3.8) is 0 Å². The van der Waals surface area contributed by atoms with Crippen LogP contribution in [-0.2, 0) is 25.7 Å². The molecule has 0 saturated carbocycles. The van der Waals surface area contributed by atoms with Gasteiger partial charge in [-0.15, -0.1) is 0 Å². The first-order valence-electron chi connectivity index (χ1n) is 9.16. The average Bonchev–Trinajstić information content (AvgIpc) is 2.66. The quantitative estimate of drug-likeness (QED) is 0.557. The topological polar surface area (TPSA) is 61.8 Å². The van der Waals surface area contributed by atoms with Crippen LogP contribution in [0.1, 0.15) is 38.7 Å². The van der Waals surface area contributed by atoms with Crippen LogP contribution in [0.25, 0.3) is 0 Å². The highest BCUT2D eigenvalue weighted by atomic mass is 16.5. The standard InChI is InChI=1S/C22H26O5/c1-17(2)15-25-21(23)12-7-13-22(24)26-16-18-8-6-11-20(14-18)27-19-9-4-3-5-10-19/h3-6,8-11,14,17H,7,12-13,15-16H2,1-2H3. The maximum atomic E-state index is 11.8. The van der Waals surface area contributed by atoms with E-state index in [1.807, 2.05) is 68.4 Å². The van der Waals surface area contributed by atoms with Crippen LogP contribution in [0.4, 0.5) is 0 Å². The van der Waals surface area contributed by atoms with Crippen LogP contribution >= 0.6 is 0 Å². The molecule has 144 valence electrons. The number of hydrogen-bond acceptors (Lipinski definition) is 5.